The molecule has 0 aliphatic rings. The van der Waals surface area contributed by atoms with Gasteiger partial charge < -0.3 is 4.57 Å². The van der Waals surface area contributed by atoms with E-state index in [2.05, 4.69) is 15.3 Å². The summed E-state index contributed by atoms with van der Waals surface area (Å²) in [6, 6.07) is 21.1. The van der Waals surface area contributed by atoms with Gasteiger partial charge in [0.15, 0.2) is 5.71 Å². The van der Waals surface area contributed by atoms with Crippen molar-refractivity contribution in [1.29, 1.82) is 0 Å². The number of nitrogens with zero attached hydrogens (tertiary/aromatic N) is 2. The van der Waals surface area contributed by atoms with Crippen LogP contribution in [0.5, 0.6) is 0 Å². The van der Waals surface area contributed by atoms with Gasteiger partial charge in [0, 0.05) is 45.2 Å². The first-order valence-corrected chi connectivity index (χ1v) is 12.5. The number of oxime groups is 1. The molecule has 192 valence electrons. The maximum Gasteiger partial charge on any atom is 0.437 e. The fraction of sp³-hybridized carbons (Fsp3) is 0.107. The fourth-order valence-electron chi connectivity index (χ4n) is 4.30. The highest BCUT2D eigenvalue weighted by molar-refractivity contribution is 7.12. The molecule has 0 aliphatic heterocycles. The van der Waals surface area contributed by atoms with Crippen molar-refractivity contribution < 1.29 is 27.6 Å². The van der Waals surface area contributed by atoms with Gasteiger partial charge in [-0.05, 0) is 60.8 Å². The number of fused-ring (bicyclic) bond motifs is 3. The van der Waals surface area contributed by atoms with Gasteiger partial charge in [0.25, 0.3) is 0 Å². The molecular formula is C28H20F3N3O3S. The molecule has 0 unspecified atom stereocenters. The molecule has 0 atom stereocenters. The molecule has 0 bridgehead atoms. The Morgan fingerprint density at radius 1 is 0.921 bits per heavy atom. The van der Waals surface area contributed by atoms with Crippen LogP contribution in [0.4, 0.5) is 23.7 Å². The van der Waals surface area contributed by atoms with Gasteiger partial charge >= 0.3 is 12.3 Å². The van der Waals surface area contributed by atoms with Crippen LogP contribution in [0.1, 0.15) is 27.7 Å². The molecule has 1 N–H and O–H groups in total. The molecule has 6 nitrogen and oxygen atoms in total. The summed E-state index contributed by atoms with van der Waals surface area (Å²) in [5, 5.41) is 8.46. The molecule has 2 aromatic heterocycles. The average molecular weight is 536 g/mol. The number of carbonyl (C=O) groups is 2. The summed E-state index contributed by atoms with van der Waals surface area (Å²) < 4.78 is 44.0. The largest absolute Gasteiger partial charge is 0.437 e. The van der Waals surface area contributed by atoms with E-state index in [0.29, 0.717) is 39.0 Å². The summed E-state index contributed by atoms with van der Waals surface area (Å²) in [6.45, 7) is 2.50. The molecule has 0 saturated carbocycles. The van der Waals surface area contributed by atoms with E-state index < -0.39 is 18.0 Å². The lowest BCUT2D eigenvalue weighted by Gasteiger charge is -2.11. The molecule has 0 spiro atoms. The lowest BCUT2D eigenvalue weighted by molar-refractivity contribution is -0.0601. The number of carbonyl (C=O) groups excluding carboxylic acids is 2. The molecular weight excluding hydrogens is 515 g/mol. The standard InChI is InChI=1S/C28H20F3N3O3S/c1-2-34-22-12-10-17(25(35)24-9-6-14-38-24)15-20(22)21-16-18(11-13-23(21)34)26(28(29,30)31)33-37-27(36)32-19-7-4-3-5-8-19/h3-16H,2H2,1H3,(H,32,36)/b33-26-. The third kappa shape index (κ3) is 4.90. The van der Waals surface area contributed by atoms with Crippen molar-refractivity contribution in [1.82, 2.24) is 4.57 Å². The van der Waals surface area contributed by atoms with E-state index in [1.165, 1.54) is 23.5 Å². The number of ketones is 1. The van der Waals surface area contributed by atoms with Crippen LogP contribution in [-0.2, 0) is 11.4 Å². The minimum atomic E-state index is -4.90. The highest BCUT2D eigenvalue weighted by Gasteiger charge is 2.38. The minimum Gasteiger partial charge on any atom is -0.341 e. The molecule has 0 radical (unpaired) electrons. The monoisotopic (exact) mass is 535 g/mol. The molecule has 0 aliphatic carbocycles. The molecule has 38 heavy (non-hydrogen) atoms. The summed E-state index contributed by atoms with van der Waals surface area (Å²) in [5.74, 6) is -0.161. The predicted molar refractivity (Wildman–Crippen MR) is 142 cm³/mol. The maximum absolute atomic E-state index is 14.0. The van der Waals surface area contributed by atoms with Gasteiger partial charge in [0.05, 0.1) is 4.88 Å². The Morgan fingerprint density at radius 3 is 2.18 bits per heavy atom. The third-order valence-electron chi connectivity index (χ3n) is 5.97. The number of rotatable bonds is 6. The third-order valence-corrected chi connectivity index (χ3v) is 6.84. The zero-order chi connectivity index (χ0) is 26.9. The molecule has 0 fully saturated rings. The maximum atomic E-state index is 14.0. The number of anilines is 1. The van der Waals surface area contributed by atoms with Gasteiger partial charge in [-0.2, -0.15) is 13.2 Å². The summed E-state index contributed by atoms with van der Waals surface area (Å²) in [4.78, 5) is 30.1. The number of hydrogen-bond acceptors (Lipinski definition) is 5. The molecule has 1 amide bonds. The average Bonchev–Trinajstić information content (AvgIpc) is 3.54. The number of alkyl halides is 3. The normalized spacial score (nSPS) is 12.2. The second-order valence-corrected chi connectivity index (χ2v) is 9.27. The first kappa shape index (κ1) is 25.2. The molecule has 5 aromatic rings. The number of halogens is 3. The molecule has 2 heterocycles. The van der Waals surface area contributed by atoms with Gasteiger partial charge in [0.1, 0.15) is 0 Å². The topological polar surface area (TPSA) is 72.7 Å². The quantitative estimate of drug-likeness (QED) is 0.105. The van der Waals surface area contributed by atoms with E-state index in [1.807, 2.05) is 11.5 Å². The second kappa shape index (κ2) is 10.1. The lowest BCUT2D eigenvalue weighted by atomic mass is 10.0. The number of benzene rings is 3. The first-order valence-electron chi connectivity index (χ1n) is 11.6. The van der Waals surface area contributed by atoms with E-state index in [4.69, 9.17) is 0 Å². The van der Waals surface area contributed by atoms with Crippen LogP contribution in [0.15, 0.2) is 89.4 Å². The van der Waals surface area contributed by atoms with E-state index in [9.17, 15) is 22.8 Å². The SMILES string of the molecule is CCn1c2ccc(C(=O)c3cccs3)cc2c2cc(/C(=N/OC(=O)Nc3ccccc3)C(F)(F)F)ccc21. The number of aryl methyl sites for hydroxylation is 1. The van der Waals surface area contributed by atoms with E-state index in [-0.39, 0.29) is 11.3 Å². The van der Waals surface area contributed by atoms with Crippen molar-refractivity contribution in [3.63, 3.8) is 0 Å². The number of para-hydroxylation sites is 1. The molecule has 3 aromatic carbocycles. The Balaban J connectivity index is 1.56. The summed E-state index contributed by atoms with van der Waals surface area (Å²) in [5.41, 5.74) is 0.644. The van der Waals surface area contributed by atoms with Gasteiger partial charge in [0.2, 0.25) is 5.78 Å². The van der Waals surface area contributed by atoms with Crippen LogP contribution in [0.3, 0.4) is 0 Å². The van der Waals surface area contributed by atoms with E-state index >= 15 is 0 Å². The van der Waals surface area contributed by atoms with Crippen molar-refractivity contribution in [3.8, 4) is 0 Å². The van der Waals surface area contributed by atoms with Crippen LogP contribution in [-0.4, -0.2) is 28.3 Å². The lowest BCUT2D eigenvalue weighted by Crippen LogP contribution is -2.25. The zero-order valence-electron chi connectivity index (χ0n) is 20.0. The summed E-state index contributed by atoms with van der Waals surface area (Å²) in [6.07, 6.45) is -6.05. The summed E-state index contributed by atoms with van der Waals surface area (Å²) in [7, 11) is 0. The second-order valence-electron chi connectivity index (χ2n) is 8.32. The Bertz CT molecular complexity index is 1670. The number of nitrogens with one attached hydrogen (secondary N) is 1. The van der Waals surface area contributed by atoms with Crippen LogP contribution < -0.4 is 5.32 Å². The van der Waals surface area contributed by atoms with Gasteiger partial charge in [-0.15, -0.1) is 11.3 Å². The Morgan fingerprint density at radius 2 is 1.58 bits per heavy atom. The fourth-order valence-corrected chi connectivity index (χ4v) is 4.99. The van der Waals surface area contributed by atoms with Crippen molar-refractivity contribution in [2.45, 2.75) is 19.6 Å². The van der Waals surface area contributed by atoms with Crippen molar-refractivity contribution >= 4 is 56.4 Å². The Hall–Kier alpha value is -4.44. The number of aromatic nitrogens is 1. The van der Waals surface area contributed by atoms with Crippen LogP contribution in [0.2, 0.25) is 0 Å². The van der Waals surface area contributed by atoms with E-state index in [0.717, 1.165) is 5.52 Å². The first-order chi connectivity index (χ1) is 18.3. The van der Waals surface area contributed by atoms with Crippen LogP contribution in [0.25, 0.3) is 21.8 Å². The smallest absolute Gasteiger partial charge is 0.341 e. The highest BCUT2D eigenvalue weighted by atomic mass is 32.1. The molecule has 5 rings (SSSR count). The van der Waals surface area contributed by atoms with Crippen LogP contribution >= 0.6 is 11.3 Å². The van der Waals surface area contributed by atoms with Crippen molar-refractivity contribution in [3.05, 3.63) is 100 Å². The van der Waals surface area contributed by atoms with Crippen molar-refractivity contribution in [2.75, 3.05) is 5.32 Å². The number of amides is 1. The van der Waals surface area contributed by atoms with E-state index in [1.54, 1.807) is 72.1 Å². The Labute approximate surface area is 218 Å². The van der Waals surface area contributed by atoms with Gasteiger partial charge in [-0.25, -0.2) is 4.79 Å². The number of hydrogen-bond donors (Lipinski definition) is 1. The summed E-state index contributed by atoms with van der Waals surface area (Å²) >= 11 is 1.32. The van der Waals surface area contributed by atoms with Gasteiger partial charge in [-0.3, -0.25) is 14.9 Å². The minimum absolute atomic E-state index is 0.161. The Kier molecular flexibility index (Phi) is 6.73. The zero-order valence-corrected chi connectivity index (χ0v) is 20.8. The molecule has 10 heteroatoms. The number of thiophene rings is 1. The van der Waals surface area contributed by atoms with Crippen LogP contribution in [0, 0.1) is 0 Å². The van der Waals surface area contributed by atoms with Gasteiger partial charge in [-0.1, -0.05) is 35.5 Å². The molecule has 0 saturated heterocycles. The predicted octanol–water partition coefficient (Wildman–Crippen LogP) is 7.62. The highest BCUT2D eigenvalue weighted by Crippen LogP contribution is 2.33. The van der Waals surface area contributed by atoms with Crippen molar-refractivity contribution in [2.24, 2.45) is 5.16 Å².